The van der Waals surface area contributed by atoms with Crippen LogP contribution in [-0.2, 0) is 31.3 Å². The average molecular weight is 367 g/mol. The monoisotopic (exact) mass is 366 g/mol. The van der Waals surface area contributed by atoms with Crippen molar-refractivity contribution in [1.82, 2.24) is 0 Å². The van der Waals surface area contributed by atoms with Crippen molar-refractivity contribution in [3.05, 3.63) is 0 Å². The van der Waals surface area contributed by atoms with E-state index in [0.717, 1.165) is 25.7 Å². The van der Waals surface area contributed by atoms with Crippen LogP contribution in [0.25, 0.3) is 0 Å². The molecule has 0 N–H and O–H groups in total. The van der Waals surface area contributed by atoms with Crippen LogP contribution in [0.1, 0.15) is 25.7 Å². The molecule has 0 aromatic heterocycles. The number of hydrogen-bond donors (Lipinski definition) is 0. The van der Waals surface area contributed by atoms with Gasteiger partial charge >= 0.3 is 17.6 Å². The Kier molecular flexibility index (Phi) is 6.42. The molecule has 0 amide bonds. The lowest BCUT2D eigenvalue weighted by Gasteiger charge is -2.45. The Labute approximate surface area is 141 Å². The van der Waals surface area contributed by atoms with Crippen LogP contribution in [-0.4, -0.2) is 72.5 Å². The first-order chi connectivity index (χ1) is 11.0. The van der Waals surface area contributed by atoms with E-state index in [0.29, 0.717) is 18.3 Å². The Morgan fingerprint density at radius 3 is 1.87 bits per heavy atom. The number of fused-ring (bicyclic) bond motifs is 1. The Morgan fingerprint density at radius 1 is 0.870 bits per heavy atom. The summed E-state index contributed by atoms with van der Waals surface area (Å²) in [6, 6.07) is 0.693. The van der Waals surface area contributed by atoms with Crippen LogP contribution in [0.15, 0.2) is 0 Å². The summed E-state index contributed by atoms with van der Waals surface area (Å²) in [5, 5.41) is -0.198. The lowest BCUT2D eigenvalue weighted by Crippen LogP contribution is -2.57. The lowest BCUT2D eigenvalue weighted by atomic mass is 9.86. The lowest BCUT2D eigenvalue weighted by molar-refractivity contribution is 0.0723. The molecule has 2 fully saturated rings. The van der Waals surface area contributed by atoms with E-state index in [4.69, 9.17) is 31.3 Å². The third-order valence-electron chi connectivity index (χ3n) is 5.49. The van der Waals surface area contributed by atoms with E-state index in [9.17, 15) is 0 Å². The van der Waals surface area contributed by atoms with E-state index in [2.05, 4.69) is 0 Å². The highest BCUT2D eigenvalue weighted by Gasteiger charge is 2.65. The molecule has 9 heteroatoms. The van der Waals surface area contributed by atoms with Crippen molar-refractivity contribution in [2.24, 2.45) is 0 Å². The third kappa shape index (κ3) is 3.44. The highest BCUT2D eigenvalue weighted by Crippen LogP contribution is 2.59. The zero-order valence-electron chi connectivity index (χ0n) is 15.0. The molecule has 0 spiro atoms. The van der Waals surface area contributed by atoms with Crippen LogP contribution in [0.2, 0.25) is 11.1 Å². The second kappa shape index (κ2) is 7.58. The topological polar surface area (TPSA) is 67.9 Å². The molecule has 0 aromatic carbocycles. The maximum Gasteiger partial charge on any atom is 0.506 e. The summed E-state index contributed by atoms with van der Waals surface area (Å²) in [7, 11) is 4.44. The standard InChI is InChI=1S/C14H30O7Si2/c1-15-22(16-2,17-3)10-9-14(23(18-4,19-5)20-6)8-7-12-13(11-14)21-12/h12-13H,7-11H2,1-6H3. The Morgan fingerprint density at radius 2 is 1.43 bits per heavy atom. The molecule has 23 heavy (non-hydrogen) atoms. The van der Waals surface area contributed by atoms with E-state index in [1.807, 2.05) is 0 Å². The van der Waals surface area contributed by atoms with Gasteiger partial charge in [-0.25, -0.2) is 0 Å². The number of hydrogen-bond acceptors (Lipinski definition) is 7. The summed E-state index contributed by atoms with van der Waals surface area (Å²) in [5.41, 5.74) is 0. The van der Waals surface area contributed by atoms with E-state index in [1.54, 1.807) is 42.7 Å². The van der Waals surface area contributed by atoms with Gasteiger partial charge in [-0.3, -0.25) is 0 Å². The maximum atomic E-state index is 5.84. The highest BCUT2D eigenvalue weighted by atomic mass is 28.4. The fraction of sp³-hybridized carbons (Fsp3) is 1.00. The van der Waals surface area contributed by atoms with E-state index in [1.165, 1.54) is 0 Å². The van der Waals surface area contributed by atoms with Gasteiger partial charge in [-0.05, 0) is 25.7 Å². The summed E-state index contributed by atoms with van der Waals surface area (Å²) < 4.78 is 40.0. The van der Waals surface area contributed by atoms with Gasteiger partial charge in [0.1, 0.15) is 0 Å². The zero-order chi connectivity index (χ0) is 17.1. The summed E-state index contributed by atoms with van der Waals surface area (Å²) in [6.07, 6.45) is 4.35. The van der Waals surface area contributed by atoms with Crippen LogP contribution >= 0.6 is 0 Å². The molecule has 7 nitrogen and oxygen atoms in total. The molecule has 1 saturated heterocycles. The number of rotatable bonds is 10. The minimum Gasteiger partial charge on any atom is -0.377 e. The van der Waals surface area contributed by atoms with Crippen molar-refractivity contribution in [3.8, 4) is 0 Å². The normalized spacial score (nSPS) is 31.0. The Hall–Kier alpha value is 0.154. The summed E-state index contributed by atoms with van der Waals surface area (Å²) in [6.45, 7) is 0. The van der Waals surface area contributed by atoms with Crippen LogP contribution in [0.3, 0.4) is 0 Å². The van der Waals surface area contributed by atoms with Crippen LogP contribution < -0.4 is 0 Å². The van der Waals surface area contributed by atoms with Gasteiger partial charge < -0.3 is 31.3 Å². The Balaban J connectivity index is 2.24. The maximum absolute atomic E-state index is 5.84. The smallest absolute Gasteiger partial charge is 0.377 e. The minimum atomic E-state index is -2.84. The molecule has 3 atom stereocenters. The number of epoxide rings is 1. The third-order valence-corrected chi connectivity index (χ3v) is 11.8. The van der Waals surface area contributed by atoms with Gasteiger partial charge in [0.2, 0.25) is 0 Å². The van der Waals surface area contributed by atoms with Gasteiger partial charge in [0.25, 0.3) is 0 Å². The molecule has 1 aliphatic carbocycles. The van der Waals surface area contributed by atoms with Gasteiger partial charge in [0, 0.05) is 53.7 Å². The van der Waals surface area contributed by atoms with E-state index >= 15 is 0 Å². The summed E-state index contributed by atoms with van der Waals surface area (Å²) in [4.78, 5) is 0. The molecule has 3 unspecified atom stereocenters. The highest BCUT2D eigenvalue weighted by molar-refractivity contribution is 6.65. The molecule has 1 aliphatic heterocycles. The molecule has 2 rings (SSSR count). The molecular weight excluding hydrogens is 336 g/mol. The SMILES string of the molecule is CO[Si](CCC1([Si](OC)(OC)OC)CCC2OC2C1)(OC)OC. The van der Waals surface area contributed by atoms with Crippen molar-refractivity contribution < 1.29 is 31.3 Å². The van der Waals surface area contributed by atoms with Crippen molar-refractivity contribution in [2.45, 2.75) is 49.0 Å². The second-order valence-electron chi connectivity index (χ2n) is 6.20. The van der Waals surface area contributed by atoms with Crippen molar-refractivity contribution in [1.29, 1.82) is 0 Å². The van der Waals surface area contributed by atoms with E-state index in [-0.39, 0.29) is 5.04 Å². The predicted molar refractivity (Wildman–Crippen MR) is 88.2 cm³/mol. The zero-order valence-corrected chi connectivity index (χ0v) is 17.0. The fourth-order valence-corrected chi connectivity index (χ4v) is 9.30. The van der Waals surface area contributed by atoms with Crippen LogP contribution in [0.4, 0.5) is 0 Å². The summed E-state index contributed by atoms with van der Waals surface area (Å²) in [5.74, 6) is 0. The molecule has 1 heterocycles. The second-order valence-corrected chi connectivity index (χ2v) is 12.7. The largest absolute Gasteiger partial charge is 0.506 e. The van der Waals surface area contributed by atoms with Gasteiger partial charge in [0.05, 0.1) is 12.2 Å². The van der Waals surface area contributed by atoms with Gasteiger partial charge in [-0.15, -0.1) is 0 Å². The van der Waals surface area contributed by atoms with Crippen LogP contribution in [0, 0.1) is 0 Å². The minimum absolute atomic E-state index is 0.198. The van der Waals surface area contributed by atoms with Crippen LogP contribution in [0.5, 0.6) is 0 Å². The molecule has 1 saturated carbocycles. The van der Waals surface area contributed by atoms with Gasteiger partial charge in [-0.2, -0.15) is 0 Å². The first-order valence-electron chi connectivity index (χ1n) is 7.96. The summed E-state index contributed by atoms with van der Waals surface area (Å²) >= 11 is 0. The van der Waals surface area contributed by atoms with Gasteiger partial charge in [-0.1, -0.05) is 0 Å². The number of ether oxygens (including phenoxy) is 1. The fourth-order valence-electron chi connectivity index (χ4n) is 4.02. The first kappa shape index (κ1) is 19.5. The molecule has 136 valence electrons. The average Bonchev–Trinajstić information content (AvgIpc) is 3.37. The molecular formula is C14H30O7Si2. The molecule has 2 aliphatic rings. The van der Waals surface area contributed by atoms with E-state index < -0.39 is 17.6 Å². The Bertz CT molecular complexity index is 373. The molecule has 0 radical (unpaired) electrons. The van der Waals surface area contributed by atoms with Crippen molar-refractivity contribution >= 4 is 17.6 Å². The quantitative estimate of drug-likeness (QED) is 0.431. The molecule has 0 aromatic rings. The van der Waals surface area contributed by atoms with Crippen molar-refractivity contribution in [3.63, 3.8) is 0 Å². The van der Waals surface area contributed by atoms with Gasteiger partial charge in [0.15, 0.2) is 0 Å². The molecule has 0 bridgehead atoms. The first-order valence-corrected chi connectivity index (χ1v) is 11.6. The van der Waals surface area contributed by atoms with Crippen molar-refractivity contribution in [2.75, 3.05) is 42.7 Å². The predicted octanol–water partition coefficient (Wildman–Crippen LogP) is 1.82.